The molecule has 7 heteroatoms. The lowest BCUT2D eigenvalue weighted by atomic mass is 10.3. The van der Waals surface area contributed by atoms with E-state index in [-0.39, 0.29) is 6.16 Å². The van der Waals surface area contributed by atoms with Gasteiger partial charge in [-0.25, -0.2) is 0 Å². The highest BCUT2D eigenvalue weighted by atomic mass is 31.2. The standard InChI is InChI=1S/C12H20NO5P/c1-5-17-19(14,18-6-2)9-10-12(16-4)11(15-3)7-8-13-10/h7-8H,5-6,9H2,1-4H3. The van der Waals surface area contributed by atoms with Crippen molar-refractivity contribution >= 4 is 7.60 Å². The van der Waals surface area contributed by atoms with Gasteiger partial charge in [0.05, 0.1) is 39.3 Å². The van der Waals surface area contributed by atoms with Gasteiger partial charge in [0.2, 0.25) is 0 Å². The molecule has 19 heavy (non-hydrogen) atoms. The third-order valence-corrected chi connectivity index (χ3v) is 4.35. The van der Waals surface area contributed by atoms with Gasteiger partial charge in [0.1, 0.15) is 0 Å². The van der Waals surface area contributed by atoms with E-state index in [4.69, 9.17) is 18.5 Å². The van der Waals surface area contributed by atoms with Crippen molar-refractivity contribution in [3.8, 4) is 11.5 Å². The number of rotatable bonds is 8. The Bertz CT molecular complexity index is 442. The van der Waals surface area contributed by atoms with E-state index in [0.29, 0.717) is 30.4 Å². The van der Waals surface area contributed by atoms with E-state index in [2.05, 4.69) is 4.98 Å². The van der Waals surface area contributed by atoms with Gasteiger partial charge in [-0.05, 0) is 13.8 Å². The normalized spacial score (nSPS) is 11.4. The Morgan fingerprint density at radius 2 is 1.79 bits per heavy atom. The number of nitrogens with zero attached hydrogens (tertiary/aromatic N) is 1. The highest BCUT2D eigenvalue weighted by Crippen LogP contribution is 2.52. The van der Waals surface area contributed by atoms with Gasteiger partial charge in [-0.15, -0.1) is 0 Å². The van der Waals surface area contributed by atoms with Gasteiger partial charge in [-0.2, -0.15) is 0 Å². The monoisotopic (exact) mass is 289 g/mol. The molecule has 0 saturated heterocycles. The Morgan fingerprint density at radius 1 is 1.16 bits per heavy atom. The summed E-state index contributed by atoms with van der Waals surface area (Å²) >= 11 is 0. The molecule has 0 N–H and O–H groups in total. The van der Waals surface area contributed by atoms with E-state index in [0.717, 1.165) is 0 Å². The lowest BCUT2D eigenvalue weighted by Gasteiger charge is -2.18. The van der Waals surface area contributed by atoms with E-state index in [1.165, 1.54) is 14.2 Å². The van der Waals surface area contributed by atoms with Crippen LogP contribution in [0, 0.1) is 0 Å². The maximum Gasteiger partial charge on any atom is 0.336 e. The number of pyridine rings is 1. The summed E-state index contributed by atoms with van der Waals surface area (Å²) in [4.78, 5) is 4.17. The summed E-state index contributed by atoms with van der Waals surface area (Å²) < 4.78 is 33.4. The topological polar surface area (TPSA) is 66.9 Å². The summed E-state index contributed by atoms with van der Waals surface area (Å²) in [6.45, 7) is 4.15. The van der Waals surface area contributed by atoms with Crippen molar-refractivity contribution in [1.29, 1.82) is 0 Å². The molecule has 108 valence electrons. The van der Waals surface area contributed by atoms with Crippen molar-refractivity contribution in [2.24, 2.45) is 0 Å². The molecule has 0 aromatic carbocycles. The Hall–Kier alpha value is -1.10. The Labute approximate surface area is 113 Å². The zero-order chi connectivity index (χ0) is 14.3. The quantitative estimate of drug-likeness (QED) is 0.685. The first-order valence-corrected chi connectivity index (χ1v) is 7.77. The molecule has 0 spiro atoms. The van der Waals surface area contributed by atoms with Gasteiger partial charge in [0.15, 0.2) is 11.5 Å². The lowest BCUT2D eigenvalue weighted by molar-refractivity contribution is 0.218. The van der Waals surface area contributed by atoms with Crippen LogP contribution in [0.1, 0.15) is 19.5 Å². The second kappa shape index (κ2) is 7.48. The molecule has 1 rings (SSSR count). The summed E-state index contributed by atoms with van der Waals surface area (Å²) in [5, 5.41) is 0. The maximum absolute atomic E-state index is 12.5. The van der Waals surface area contributed by atoms with Crippen molar-refractivity contribution in [3.05, 3.63) is 18.0 Å². The van der Waals surface area contributed by atoms with Crippen LogP contribution in [0.5, 0.6) is 11.5 Å². The van der Waals surface area contributed by atoms with Crippen LogP contribution in [0.4, 0.5) is 0 Å². The average molecular weight is 289 g/mol. The number of hydrogen-bond acceptors (Lipinski definition) is 6. The van der Waals surface area contributed by atoms with Crippen molar-refractivity contribution in [2.45, 2.75) is 20.0 Å². The van der Waals surface area contributed by atoms with Crippen molar-refractivity contribution in [1.82, 2.24) is 4.98 Å². The highest BCUT2D eigenvalue weighted by Gasteiger charge is 2.27. The molecule has 0 aliphatic carbocycles. The SMILES string of the molecule is CCOP(=O)(Cc1nccc(OC)c1OC)OCC. The van der Waals surface area contributed by atoms with Gasteiger partial charge in [0, 0.05) is 12.3 Å². The van der Waals surface area contributed by atoms with E-state index in [1.807, 2.05) is 0 Å². The highest BCUT2D eigenvalue weighted by molar-refractivity contribution is 7.53. The van der Waals surface area contributed by atoms with Gasteiger partial charge < -0.3 is 18.5 Å². The van der Waals surface area contributed by atoms with Crippen LogP contribution in [-0.4, -0.2) is 32.4 Å². The Morgan fingerprint density at radius 3 is 2.26 bits per heavy atom. The van der Waals surface area contributed by atoms with Crippen LogP contribution < -0.4 is 9.47 Å². The first-order valence-electron chi connectivity index (χ1n) is 6.04. The molecular weight excluding hydrogens is 269 g/mol. The van der Waals surface area contributed by atoms with Crippen LogP contribution in [-0.2, 0) is 19.8 Å². The molecule has 0 saturated carbocycles. The van der Waals surface area contributed by atoms with Crippen LogP contribution >= 0.6 is 7.60 Å². The third-order valence-electron chi connectivity index (χ3n) is 2.36. The zero-order valence-electron chi connectivity index (χ0n) is 11.7. The lowest BCUT2D eigenvalue weighted by Crippen LogP contribution is -2.03. The fourth-order valence-corrected chi connectivity index (χ4v) is 3.30. The molecule has 0 unspecified atom stereocenters. The number of aromatic nitrogens is 1. The minimum Gasteiger partial charge on any atom is -0.493 e. The van der Waals surface area contributed by atoms with Crippen LogP contribution in [0.3, 0.4) is 0 Å². The Balaban J connectivity index is 3.05. The molecular formula is C12H20NO5P. The van der Waals surface area contributed by atoms with Crippen LogP contribution in [0.2, 0.25) is 0 Å². The van der Waals surface area contributed by atoms with E-state index >= 15 is 0 Å². The first kappa shape index (κ1) is 16.0. The molecule has 6 nitrogen and oxygen atoms in total. The maximum atomic E-state index is 12.5. The van der Waals surface area contributed by atoms with Crippen molar-refractivity contribution in [3.63, 3.8) is 0 Å². The minimum absolute atomic E-state index is 0.0506. The summed E-state index contributed by atoms with van der Waals surface area (Å²) in [5.41, 5.74) is 0.493. The van der Waals surface area contributed by atoms with Crippen molar-refractivity contribution in [2.75, 3.05) is 27.4 Å². The molecule has 1 aromatic heterocycles. The van der Waals surface area contributed by atoms with Gasteiger partial charge in [0.25, 0.3) is 0 Å². The minimum atomic E-state index is -3.21. The summed E-state index contributed by atoms with van der Waals surface area (Å²) in [6, 6.07) is 1.68. The molecule has 0 radical (unpaired) electrons. The largest absolute Gasteiger partial charge is 0.493 e. The molecule has 0 aliphatic heterocycles. The Kier molecular flexibility index (Phi) is 6.28. The summed E-state index contributed by atoms with van der Waals surface area (Å²) in [7, 11) is -0.166. The second-order valence-corrected chi connectivity index (χ2v) is 5.65. The molecule has 0 fully saturated rings. The number of methoxy groups -OCH3 is 2. The predicted molar refractivity (Wildman–Crippen MR) is 71.9 cm³/mol. The fraction of sp³-hybridized carbons (Fsp3) is 0.583. The van der Waals surface area contributed by atoms with Crippen LogP contribution in [0.25, 0.3) is 0 Å². The second-order valence-electron chi connectivity index (χ2n) is 3.60. The molecule has 0 amide bonds. The fourth-order valence-electron chi connectivity index (χ4n) is 1.67. The van der Waals surface area contributed by atoms with Crippen LogP contribution in [0.15, 0.2) is 12.3 Å². The van der Waals surface area contributed by atoms with Crippen molar-refractivity contribution < 1.29 is 23.1 Å². The zero-order valence-corrected chi connectivity index (χ0v) is 12.6. The molecule has 0 bridgehead atoms. The van der Waals surface area contributed by atoms with E-state index in [9.17, 15) is 4.57 Å². The first-order chi connectivity index (χ1) is 9.10. The van der Waals surface area contributed by atoms with E-state index < -0.39 is 7.60 Å². The number of ether oxygens (including phenoxy) is 2. The number of hydrogen-bond donors (Lipinski definition) is 0. The summed E-state index contributed by atoms with van der Waals surface area (Å²) in [6.07, 6.45) is 1.62. The third kappa shape index (κ3) is 4.20. The smallest absolute Gasteiger partial charge is 0.336 e. The molecule has 1 heterocycles. The molecule has 0 aliphatic rings. The predicted octanol–water partition coefficient (Wildman–Crippen LogP) is 2.86. The van der Waals surface area contributed by atoms with Gasteiger partial charge >= 0.3 is 7.60 Å². The average Bonchev–Trinajstić information content (AvgIpc) is 2.38. The summed E-state index contributed by atoms with van der Waals surface area (Å²) in [5.74, 6) is 0.983. The van der Waals surface area contributed by atoms with Gasteiger partial charge in [-0.3, -0.25) is 9.55 Å². The van der Waals surface area contributed by atoms with Gasteiger partial charge in [-0.1, -0.05) is 0 Å². The molecule has 0 atom stereocenters. The molecule has 1 aromatic rings. The van der Waals surface area contributed by atoms with E-state index in [1.54, 1.807) is 26.1 Å².